The van der Waals surface area contributed by atoms with E-state index in [0.717, 1.165) is 0 Å². The minimum atomic E-state index is -2.02. The van der Waals surface area contributed by atoms with Crippen molar-refractivity contribution in [3.05, 3.63) is 84.0 Å². The van der Waals surface area contributed by atoms with E-state index in [4.69, 9.17) is 4.52 Å². The maximum Gasteiger partial charge on any atom is 0.237 e. The Kier molecular flexibility index (Phi) is 5.75. The molecular weight excluding hydrogens is 343 g/mol. The summed E-state index contributed by atoms with van der Waals surface area (Å²) in [5.74, 6) is 2.35. The van der Waals surface area contributed by atoms with E-state index in [1.165, 1.54) is 15.5 Å². The molecule has 4 heteroatoms. The largest absolute Gasteiger partial charge is 1.00 e. The molecule has 0 N–H and O–H groups in total. The van der Waals surface area contributed by atoms with Crippen molar-refractivity contribution in [1.29, 1.82) is 0 Å². The van der Waals surface area contributed by atoms with Crippen molar-refractivity contribution in [3.63, 3.8) is 0 Å². The van der Waals surface area contributed by atoms with E-state index in [0.29, 0.717) is 0 Å². The van der Waals surface area contributed by atoms with Gasteiger partial charge in [0.25, 0.3) is 0 Å². The van der Waals surface area contributed by atoms with E-state index in [1.807, 2.05) is 18.2 Å². The van der Waals surface area contributed by atoms with Crippen molar-refractivity contribution in [2.24, 2.45) is 0 Å². The number of hydrogen-bond donors (Lipinski definition) is 0. The third-order valence-corrected chi connectivity index (χ3v) is 8.57. The van der Waals surface area contributed by atoms with Gasteiger partial charge < -0.3 is 12.4 Å². The number of rotatable bonds is 4. The molecule has 1 unspecified atom stereocenters. The average Bonchev–Trinajstić information content (AvgIpc) is 2.91. The van der Waals surface area contributed by atoms with Crippen LogP contribution >= 0.6 is 19.3 Å². The summed E-state index contributed by atoms with van der Waals surface area (Å²) < 4.78 is 6.74. The summed E-state index contributed by atoms with van der Waals surface area (Å²) in [6, 6.07) is 21.1. The summed E-state index contributed by atoms with van der Waals surface area (Å²) >= 11 is 1.75. The third kappa shape index (κ3) is 3.14. The quantitative estimate of drug-likeness (QED) is 0.605. The molecule has 1 aliphatic heterocycles. The molecule has 0 spiro atoms. The zero-order valence-corrected chi connectivity index (χ0v) is 15.7. The Balaban J connectivity index is 0.00000192. The highest BCUT2D eigenvalue weighted by Crippen LogP contribution is 2.69. The minimum absolute atomic E-state index is 0. The van der Waals surface area contributed by atoms with Crippen LogP contribution in [0.1, 0.15) is 6.92 Å². The normalized spacial score (nSPS) is 22.1. The topological polar surface area (TPSA) is 9.23 Å². The van der Waals surface area contributed by atoms with Crippen LogP contribution in [-0.2, 0) is 4.52 Å². The van der Waals surface area contributed by atoms with Gasteiger partial charge in [0.15, 0.2) is 5.60 Å². The summed E-state index contributed by atoms with van der Waals surface area (Å²) in [7, 11) is -2.02. The fourth-order valence-electron chi connectivity index (χ4n) is 2.76. The van der Waals surface area contributed by atoms with E-state index in [2.05, 4.69) is 74.1 Å². The average molecular weight is 363 g/mol. The molecule has 0 amide bonds. The molecule has 1 heterocycles. The third-order valence-electron chi connectivity index (χ3n) is 4.01. The first-order chi connectivity index (χ1) is 10.6. The predicted molar refractivity (Wildman–Crippen MR) is 100 cm³/mol. The highest BCUT2D eigenvalue weighted by atomic mass is 35.5. The van der Waals surface area contributed by atoms with Crippen molar-refractivity contribution in [2.45, 2.75) is 12.5 Å². The molecule has 2 aromatic rings. The van der Waals surface area contributed by atoms with Crippen LogP contribution in [0.25, 0.3) is 0 Å². The van der Waals surface area contributed by atoms with Gasteiger partial charge in [-0.25, -0.2) is 4.52 Å². The summed E-state index contributed by atoms with van der Waals surface area (Å²) in [5.41, 5.74) is -0.418. The van der Waals surface area contributed by atoms with Gasteiger partial charge in [-0.1, -0.05) is 49.1 Å². The van der Waals surface area contributed by atoms with Gasteiger partial charge in [0, 0.05) is 0 Å². The first kappa shape index (κ1) is 18.3. The van der Waals surface area contributed by atoms with Crippen LogP contribution in [0, 0.1) is 0 Å². The second-order valence-corrected chi connectivity index (χ2v) is 9.07. The molecule has 1 aliphatic rings. The van der Waals surface area contributed by atoms with Crippen molar-refractivity contribution in [1.82, 2.24) is 0 Å². The van der Waals surface area contributed by atoms with Gasteiger partial charge in [-0.3, -0.25) is 0 Å². The maximum atomic E-state index is 6.74. The van der Waals surface area contributed by atoms with Gasteiger partial charge in [0.05, 0.1) is 4.91 Å². The molecular formula is C19H20ClOPS. The second-order valence-electron chi connectivity index (χ2n) is 5.43. The number of hydrogen-bond acceptors (Lipinski definition) is 2. The van der Waals surface area contributed by atoms with Gasteiger partial charge in [-0.05, 0) is 37.4 Å². The molecule has 0 saturated heterocycles. The Morgan fingerprint density at radius 3 is 1.83 bits per heavy atom. The van der Waals surface area contributed by atoms with Crippen LogP contribution in [0.15, 0.2) is 84.0 Å². The molecule has 1 nitrogen and oxygen atoms in total. The van der Waals surface area contributed by atoms with Gasteiger partial charge in [0.2, 0.25) is 7.49 Å². The van der Waals surface area contributed by atoms with Crippen LogP contribution in [-0.4, -0.2) is 11.9 Å². The lowest BCUT2D eigenvalue weighted by Gasteiger charge is -2.24. The standard InChI is InChI=1S/C19H20OPS.ClH/c1-4-19(2)18(22-3)15-21(20-19,16-11-7-5-8-12-16)17-13-9-6-10-14-17;/h4-15H,1H2,2-3H3;1H/q+1;/p-1. The summed E-state index contributed by atoms with van der Waals surface area (Å²) in [4.78, 5) is 1.24. The zero-order chi connectivity index (χ0) is 15.6. The summed E-state index contributed by atoms with van der Waals surface area (Å²) in [6.45, 7) is 6.11. The number of halogens is 1. The predicted octanol–water partition coefficient (Wildman–Crippen LogP) is 1.75. The van der Waals surface area contributed by atoms with Gasteiger partial charge in [-0.2, -0.15) is 0 Å². The molecule has 1 atom stereocenters. The van der Waals surface area contributed by atoms with Crippen LogP contribution in [0.4, 0.5) is 0 Å². The minimum Gasteiger partial charge on any atom is -1.00 e. The summed E-state index contributed by atoms with van der Waals surface area (Å²) in [5, 5.41) is 2.50. The molecule has 2 aromatic carbocycles. The molecule has 0 fully saturated rings. The van der Waals surface area contributed by atoms with E-state index in [9.17, 15) is 0 Å². The van der Waals surface area contributed by atoms with Crippen molar-refractivity contribution in [3.8, 4) is 0 Å². The van der Waals surface area contributed by atoms with Crippen molar-refractivity contribution >= 4 is 29.9 Å². The Bertz CT molecular complexity index is 662. The number of thioether (sulfide) groups is 1. The lowest BCUT2D eigenvalue weighted by Crippen LogP contribution is -3.00. The van der Waals surface area contributed by atoms with Gasteiger partial charge in [-0.15, -0.1) is 11.8 Å². The van der Waals surface area contributed by atoms with Gasteiger partial charge in [0.1, 0.15) is 16.4 Å². The molecule has 120 valence electrons. The van der Waals surface area contributed by atoms with Crippen LogP contribution in [0.2, 0.25) is 0 Å². The Morgan fingerprint density at radius 1 is 1.00 bits per heavy atom. The van der Waals surface area contributed by atoms with Crippen LogP contribution in [0.5, 0.6) is 0 Å². The molecule has 0 aromatic heterocycles. The van der Waals surface area contributed by atoms with Crippen LogP contribution in [0.3, 0.4) is 0 Å². The SMILES string of the molecule is C=CC1(C)O[P+](c2ccccc2)(c2ccccc2)C=C1SC.[Cl-]. The van der Waals surface area contributed by atoms with E-state index in [-0.39, 0.29) is 12.4 Å². The lowest BCUT2D eigenvalue weighted by molar-refractivity contribution is -0.00000614. The van der Waals surface area contributed by atoms with E-state index >= 15 is 0 Å². The monoisotopic (exact) mass is 362 g/mol. The van der Waals surface area contributed by atoms with Crippen molar-refractivity contribution < 1.29 is 16.9 Å². The second kappa shape index (κ2) is 7.23. The number of benzene rings is 2. The fourth-order valence-corrected chi connectivity index (χ4v) is 7.67. The van der Waals surface area contributed by atoms with Crippen molar-refractivity contribution in [2.75, 3.05) is 6.26 Å². The first-order valence-corrected chi connectivity index (χ1v) is 10.3. The molecule has 0 aliphatic carbocycles. The zero-order valence-electron chi connectivity index (χ0n) is 13.3. The fraction of sp³-hybridized carbons (Fsp3) is 0.158. The molecule has 0 radical (unpaired) electrons. The van der Waals surface area contributed by atoms with E-state index in [1.54, 1.807) is 11.8 Å². The summed E-state index contributed by atoms with van der Waals surface area (Å²) in [6.07, 6.45) is 4.02. The smallest absolute Gasteiger partial charge is 0.237 e. The first-order valence-electron chi connectivity index (χ1n) is 7.26. The Labute approximate surface area is 149 Å². The van der Waals surface area contributed by atoms with Gasteiger partial charge >= 0.3 is 0 Å². The molecule has 3 rings (SSSR count). The van der Waals surface area contributed by atoms with Crippen LogP contribution < -0.4 is 23.0 Å². The lowest BCUT2D eigenvalue weighted by atomic mass is 10.1. The highest BCUT2D eigenvalue weighted by Gasteiger charge is 2.56. The Morgan fingerprint density at radius 2 is 1.48 bits per heavy atom. The molecule has 0 saturated carbocycles. The molecule has 23 heavy (non-hydrogen) atoms. The Hall–Kier alpha value is -1.05. The molecule has 0 bridgehead atoms. The van der Waals surface area contributed by atoms with E-state index < -0.39 is 13.1 Å². The maximum absolute atomic E-state index is 6.74. The highest BCUT2D eigenvalue weighted by molar-refractivity contribution is 8.03.